The molecule has 0 aliphatic carbocycles. The molecule has 0 radical (unpaired) electrons. The minimum Gasteiger partial charge on any atom is -0.489 e. The number of rotatable bonds is 5. The van der Waals surface area contributed by atoms with E-state index in [2.05, 4.69) is 5.32 Å². The quantitative estimate of drug-likeness (QED) is 0.808. The molecule has 0 saturated heterocycles. The largest absolute Gasteiger partial charge is 0.489 e. The predicted molar refractivity (Wildman–Crippen MR) is 67.9 cm³/mol. The van der Waals surface area contributed by atoms with Crippen molar-refractivity contribution < 1.29 is 9.53 Å². The number of benzene rings is 1. The molecule has 0 saturated carbocycles. The molecule has 4 nitrogen and oxygen atoms in total. The van der Waals surface area contributed by atoms with E-state index in [9.17, 15) is 4.79 Å². The van der Waals surface area contributed by atoms with Crippen LogP contribution in [0.5, 0.6) is 5.75 Å². The fraction of sp³-hybridized carbons (Fsp3) is 0.462. The monoisotopic (exact) mass is 236 g/mol. The maximum absolute atomic E-state index is 11.3. The average molecular weight is 236 g/mol. The fourth-order valence-electron chi connectivity index (χ4n) is 1.30. The van der Waals surface area contributed by atoms with Gasteiger partial charge in [0.1, 0.15) is 11.9 Å². The second-order valence-corrected chi connectivity index (χ2v) is 4.28. The highest BCUT2D eigenvalue weighted by Crippen LogP contribution is 2.12. The molecule has 0 aliphatic rings. The van der Waals surface area contributed by atoms with Gasteiger partial charge in [-0.1, -0.05) is 17.7 Å². The van der Waals surface area contributed by atoms with E-state index in [0.29, 0.717) is 6.54 Å². The minimum absolute atomic E-state index is 0.0830. The van der Waals surface area contributed by atoms with Crippen LogP contribution in [-0.4, -0.2) is 24.6 Å². The second kappa shape index (κ2) is 6.25. The third kappa shape index (κ3) is 4.87. The van der Waals surface area contributed by atoms with Gasteiger partial charge in [-0.15, -0.1) is 0 Å². The number of ether oxygens (including phenoxy) is 1. The first-order chi connectivity index (χ1) is 7.99. The Labute approximate surface area is 102 Å². The molecule has 2 atom stereocenters. The molecule has 1 aromatic carbocycles. The van der Waals surface area contributed by atoms with E-state index in [1.54, 1.807) is 6.92 Å². The van der Waals surface area contributed by atoms with Crippen molar-refractivity contribution >= 4 is 5.91 Å². The van der Waals surface area contributed by atoms with Crippen molar-refractivity contribution in [1.29, 1.82) is 0 Å². The molecular formula is C13H20N2O2. The molecule has 1 rings (SSSR count). The SMILES string of the molecule is Cc1ccc(OC(C)CNC(=O)[C@H](C)N)cc1. The van der Waals surface area contributed by atoms with Gasteiger partial charge in [-0.2, -0.15) is 0 Å². The first kappa shape index (κ1) is 13.5. The zero-order valence-corrected chi connectivity index (χ0v) is 10.6. The van der Waals surface area contributed by atoms with E-state index < -0.39 is 6.04 Å². The first-order valence-electron chi connectivity index (χ1n) is 5.75. The van der Waals surface area contributed by atoms with Crippen molar-refractivity contribution in [3.05, 3.63) is 29.8 Å². The van der Waals surface area contributed by atoms with Crippen molar-refractivity contribution in [2.75, 3.05) is 6.54 Å². The fourth-order valence-corrected chi connectivity index (χ4v) is 1.30. The summed E-state index contributed by atoms with van der Waals surface area (Å²) in [5.74, 6) is 0.641. The summed E-state index contributed by atoms with van der Waals surface area (Å²) in [7, 11) is 0. The Bertz CT molecular complexity index is 360. The Balaban J connectivity index is 2.37. The summed E-state index contributed by atoms with van der Waals surface area (Å²) >= 11 is 0. The Morgan fingerprint density at radius 3 is 2.47 bits per heavy atom. The zero-order valence-electron chi connectivity index (χ0n) is 10.6. The molecule has 0 spiro atoms. The van der Waals surface area contributed by atoms with E-state index in [1.807, 2.05) is 38.1 Å². The van der Waals surface area contributed by atoms with Crippen molar-refractivity contribution in [3.63, 3.8) is 0 Å². The van der Waals surface area contributed by atoms with E-state index in [1.165, 1.54) is 5.56 Å². The molecule has 3 N–H and O–H groups in total. The first-order valence-corrected chi connectivity index (χ1v) is 5.75. The molecule has 4 heteroatoms. The molecule has 94 valence electrons. The number of carbonyl (C=O) groups is 1. The lowest BCUT2D eigenvalue weighted by Gasteiger charge is -2.16. The van der Waals surface area contributed by atoms with Gasteiger partial charge in [0.05, 0.1) is 12.6 Å². The van der Waals surface area contributed by atoms with Crippen molar-refractivity contribution in [3.8, 4) is 5.75 Å². The minimum atomic E-state index is -0.485. The van der Waals surface area contributed by atoms with Gasteiger partial charge < -0.3 is 15.8 Å². The van der Waals surface area contributed by atoms with Gasteiger partial charge in [0.2, 0.25) is 5.91 Å². The molecule has 0 bridgehead atoms. The molecule has 1 amide bonds. The highest BCUT2D eigenvalue weighted by Gasteiger charge is 2.09. The van der Waals surface area contributed by atoms with Gasteiger partial charge in [0.25, 0.3) is 0 Å². The number of nitrogens with one attached hydrogen (secondary N) is 1. The van der Waals surface area contributed by atoms with E-state index in [4.69, 9.17) is 10.5 Å². The third-order valence-electron chi connectivity index (χ3n) is 2.34. The third-order valence-corrected chi connectivity index (χ3v) is 2.34. The van der Waals surface area contributed by atoms with Crippen molar-refractivity contribution in [2.45, 2.75) is 32.9 Å². The molecular weight excluding hydrogens is 216 g/mol. The number of amides is 1. The number of hydrogen-bond acceptors (Lipinski definition) is 3. The topological polar surface area (TPSA) is 64.3 Å². The predicted octanol–water partition coefficient (Wildman–Crippen LogP) is 1.23. The number of aryl methyl sites for hydroxylation is 1. The standard InChI is InChI=1S/C13H20N2O2/c1-9-4-6-12(7-5-9)17-10(2)8-15-13(16)11(3)14/h4-7,10-11H,8,14H2,1-3H3,(H,15,16)/t10?,11-/m0/s1. The van der Waals surface area contributed by atoms with Crippen LogP contribution >= 0.6 is 0 Å². The van der Waals surface area contributed by atoms with Gasteiger partial charge in [0, 0.05) is 0 Å². The van der Waals surface area contributed by atoms with Crippen LogP contribution < -0.4 is 15.8 Å². The van der Waals surface area contributed by atoms with Crippen LogP contribution in [0.15, 0.2) is 24.3 Å². The molecule has 1 unspecified atom stereocenters. The Kier molecular flexibility index (Phi) is 4.97. The van der Waals surface area contributed by atoms with Crippen LogP contribution in [0, 0.1) is 6.92 Å². The maximum Gasteiger partial charge on any atom is 0.236 e. The maximum atomic E-state index is 11.3. The summed E-state index contributed by atoms with van der Waals surface area (Å²) in [6.45, 7) is 6.03. The Hall–Kier alpha value is -1.55. The lowest BCUT2D eigenvalue weighted by atomic mass is 10.2. The van der Waals surface area contributed by atoms with Gasteiger partial charge in [0.15, 0.2) is 0 Å². The summed E-state index contributed by atoms with van der Waals surface area (Å²) in [5.41, 5.74) is 6.63. The molecule has 0 heterocycles. The molecule has 17 heavy (non-hydrogen) atoms. The van der Waals surface area contributed by atoms with Crippen LogP contribution in [0.3, 0.4) is 0 Å². The Morgan fingerprint density at radius 1 is 1.35 bits per heavy atom. The second-order valence-electron chi connectivity index (χ2n) is 4.28. The van der Waals surface area contributed by atoms with Crippen LogP contribution in [0.4, 0.5) is 0 Å². The van der Waals surface area contributed by atoms with E-state index >= 15 is 0 Å². The summed E-state index contributed by atoms with van der Waals surface area (Å²) in [5, 5.41) is 2.72. The van der Waals surface area contributed by atoms with Crippen molar-refractivity contribution in [1.82, 2.24) is 5.32 Å². The van der Waals surface area contributed by atoms with Crippen molar-refractivity contribution in [2.24, 2.45) is 5.73 Å². The summed E-state index contributed by atoms with van der Waals surface area (Å²) in [4.78, 5) is 11.3. The van der Waals surface area contributed by atoms with E-state index in [-0.39, 0.29) is 12.0 Å². The summed E-state index contributed by atoms with van der Waals surface area (Å²) in [6.07, 6.45) is -0.0830. The lowest BCUT2D eigenvalue weighted by molar-refractivity contribution is -0.122. The van der Waals surface area contributed by atoms with Gasteiger partial charge in [-0.25, -0.2) is 0 Å². The number of hydrogen-bond donors (Lipinski definition) is 2. The summed E-state index contributed by atoms with van der Waals surface area (Å²) in [6, 6.07) is 7.32. The van der Waals surface area contributed by atoms with Crippen LogP contribution in [0.25, 0.3) is 0 Å². The highest BCUT2D eigenvalue weighted by molar-refractivity contribution is 5.80. The zero-order chi connectivity index (χ0) is 12.8. The van der Waals surface area contributed by atoms with Gasteiger partial charge in [-0.3, -0.25) is 4.79 Å². The van der Waals surface area contributed by atoms with Gasteiger partial charge >= 0.3 is 0 Å². The molecule has 0 fully saturated rings. The molecule has 0 aliphatic heterocycles. The summed E-state index contributed by atoms with van der Waals surface area (Å²) < 4.78 is 5.64. The molecule has 0 aromatic heterocycles. The van der Waals surface area contributed by atoms with Crippen LogP contribution in [0.2, 0.25) is 0 Å². The number of carbonyl (C=O) groups excluding carboxylic acids is 1. The smallest absolute Gasteiger partial charge is 0.236 e. The van der Waals surface area contributed by atoms with Crippen LogP contribution in [0.1, 0.15) is 19.4 Å². The van der Waals surface area contributed by atoms with E-state index in [0.717, 1.165) is 5.75 Å². The Morgan fingerprint density at radius 2 is 1.94 bits per heavy atom. The number of nitrogens with two attached hydrogens (primary N) is 1. The van der Waals surface area contributed by atoms with Gasteiger partial charge in [-0.05, 0) is 32.9 Å². The van der Waals surface area contributed by atoms with Crippen LogP contribution in [-0.2, 0) is 4.79 Å². The highest BCUT2D eigenvalue weighted by atomic mass is 16.5. The lowest BCUT2D eigenvalue weighted by Crippen LogP contribution is -2.42. The average Bonchev–Trinajstić information content (AvgIpc) is 2.29. The normalized spacial score (nSPS) is 13.9. The molecule has 1 aromatic rings.